The minimum Gasteiger partial charge on any atom is -0.326 e. The SMILES string of the molecule is Cc1ccc(C)c(NC(=O)CCN(Cc2ccccn2)S(C)(=O)=O)c1. The first kappa shape index (κ1) is 19.1. The Labute approximate surface area is 148 Å². The fourth-order valence-electron chi connectivity index (χ4n) is 2.34. The minimum atomic E-state index is -3.43. The van der Waals surface area contributed by atoms with Crippen molar-refractivity contribution in [2.75, 3.05) is 18.1 Å². The molecule has 0 fully saturated rings. The topological polar surface area (TPSA) is 79.4 Å². The molecular formula is C18H23N3O3S. The Morgan fingerprint density at radius 1 is 1.20 bits per heavy atom. The van der Waals surface area contributed by atoms with E-state index in [0.717, 1.165) is 23.1 Å². The molecule has 134 valence electrons. The van der Waals surface area contributed by atoms with Gasteiger partial charge in [0, 0.05) is 24.8 Å². The molecule has 1 aromatic heterocycles. The zero-order valence-electron chi connectivity index (χ0n) is 14.7. The number of nitrogens with zero attached hydrogens (tertiary/aromatic N) is 2. The molecule has 0 radical (unpaired) electrons. The molecule has 25 heavy (non-hydrogen) atoms. The van der Waals surface area contributed by atoms with Gasteiger partial charge in [0.1, 0.15) is 0 Å². The molecule has 0 saturated heterocycles. The van der Waals surface area contributed by atoms with Crippen molar-refractivity contribution < 1.29 is 13.2 Å². The summed E-state index contributed by atoms with van der Waals surface area (Å²) in [5.74, 6) is -0.219. The van der Waals surface area contributed by atoms with Crippen molar-refractivity contribution in [3.05, 3.63) is 59.4 Å². The highest BCUT2D eigenvalue weighted by atomic mass is 32.2. The fourth-order valence-corrected chi connectivity index (χ4v) is 3.13. The summed E-state index contributed by atoms with van der Waals surface area (Å²) in [6.45, 7) is 4.12. The molecule has 0 aliphatic rings. The van der Waals surface area contributed by atoms with E-state index in [9.17, 15) is 13.2 Å². The summed E-state index contributed by atoms with van der Waals surface area (Å²) in [6, 6.07) is 11.1. The maximum Gasteiger partial charge on any atom is 0.225 e. The average molecular weight is 361 g/mol. The molecule has 6 nitrogen and oxygen atoms in total. The molecule has 0 unspecified atom stereocenters. The number of hydrogen-bond acceptors (Lipinski definition) is 4. The number of carbonyl (C=O) groups excluding carboxylic acids is 1. The van der Waals surface area contributed by atoms with Crippen LogP contribution < -0.4 is 5.32 Å². The molecule has 1 N–H and O–H groups in total. The van der Waals surface area contributed by atoms with Crippen LogP contribution in [0.15, 0.2) is 42.6 Å². The Balaban J connectivity index is 2.00. The number of carbonyl (C=O) groups is 1. The molecular weight excluding hydrogens is 338 g/mol. The normalized spacial score (nSPS) is 11.5. The first-order valence-corrected chi connectivity index (χ1v) is 9.82. The van der Waals surface area contributed by atoms with Crippen LogP contribution in [0.5, 0.6) is 0 Å². The van der Waals surface area contributed by atoms with Gasteiger partial charge in [-0.05, 0) is 43.2 Å². The summed E-state index contributed by atoms with van der Waals surface area (Å²) < 4.78 is 25.2. The van der Waals surface area contributed by atoms with Gasteiger partial charge in [-0.2, -0.15) is 4.31 Å². The number of benzene rings is 1. The molecule has 7 heteroatoms. The molecule has 0 spiro atoms. The number of pyridine rings is 1. The Bertz CT molecular complexity index is 836. The van der Waals surface area contributed by atoms with Crippen LogP contribution in [0, 0.1) is 13.8 Å². The molecule has 1 heterocycles. The Hall–Kier alpha value is -2.25. The highest BCUT2D eigenvalue weighted by molar-refractivity contribution is 7.88. The number of sulfonamides is 1. The third kappa shape index (κ3) is 5.95. The molecule has 0 saturated carbocycles. The Kier molecular flexibility index (Phi) is 6.27. The van der Waals surface area contributed by atoms with E-state index >= 15 is 0 Å². The fraction of sp³-hybridized carbons (Fsp3) is 0.333. The molecule has 1 aromatic carbocycles. The van der Waals surface area contributed by atoms with Crippen molar-refractivity contribution in [2.45, 2.75) is 26.8 Å². The van der Waals surface area contributed by atoms with Gasteiger partial charge in [0.15, 0.2) is 0 Å². The number of amides is 1. The monoisotopic (exact) mass is 361 g/mol. The molecule has 0 aliphatic carbocycles. The zero-order valence-corrected chi connectivity index (χ0v) is 15.5. The van der Waals surface area contributed by atoms with Gasteiger partial charge >= 0.3 is 0 Å². The number of anilines is 1. The van der Waals surface area contributed by atoms with Gasteiger partial charge in [-0.15, -0.1) is 0 Å². The van der Waals surface area contributed by atoms with Gasteiger partial charge in [0.25, 0.3) is 0 Å². The molecule has 0 bridgehead atoms. The second-order valence-electron chi connectivity index (χ2n) is 6.03. The van der Waals surface area contributed by atoms with Crippen LogP contribution in [-0.4, -0.2) is 36.4 Å². The van der Waals surface area contributed by atoms with E-state index in [2.05, 4.69) is 10.3 Å². The lowest BCUT2D eigenvalue weighted by molar-refractivity contribution is -0.116. The number of nitrogens with one attached hydrogen (secondary N) is 1. The smallest absolute Gasteiger partial charge is 0.225 e. The van der Waals surface area contributed by atoms with E-state index in [-0.39, 0.29) is 25.4 Å². The molecule has 0 aliphatic heterocycles. The lowest BCUT2D eigenvalue weighted by Gasteiger charge is -2.19. The molecule has 0 atom stereocenters. The van der Waals surface area contributed by atoms with Gasteiger partial charge in [-0.25, -0.2) is 8.42 Å². The summed E-state index contributed by atoms with van der Waals surface area (Å²) in [5.41, 5.74) is 3.41. The van der Waals surface area contributed by atoms with Crippen LogP contribution in [-0.2, 0) is 21.4 Å². The average Bonchev–Trinajstić information content (AvgIpc) is 2.55. The van der Waals surface area contributed by atoms with Crippen LogP contribution in [0.4, 0.5) is 5.69 Å². The minimum absolute atomic E-state index is 0.0767. The van der Waals surface area contributed by atoms with Crippen LogP contribution >= 0.6 is 0 Å². The van der Waals surface area contributed by atoms with Gasteiger partial charge in [-0.1, -0.05) is 18.2 Å². The van der Waals surface area contributed by atoms with Crippen LogP contribution in [0.25, 0.3) is 0 Å². The first-order valence-electron chi connectivity index (χ1n) is 7.98. The number of aryl methyl sites for hydroxylation is 2. The zero-order chi connectivity index (χ0) is 18.4. The quantitative estimate of drug-likeness (QED) is 0.822. The first-order chi connectivity index (χ1) is 11.8. The largest absolute Gasteiger partial charge is 0.326 e. The maximum absolute atomic E-state index is 12.2. The molecule has 2 aromatic rings. The number of hydrogen-bond donors (Lipinski definition) is 1. The van der Waals surface area contributed by atoms with Crippen molar-refractivity contribution in [3.8, 4) is 0 Å². The van der Waals surface area contributed by atoms with Gasteiger partial charge in [-0.3, -0.25) is 9.78 Å². The van der Waals surface area contributed by atoms with Crippen molar-refractivity contribution in [2.24, 2.45) is 0 Å². The predicted molar refractivity (Wildman–Crippen MR) is 98.7 cm³/mol. The van der Waals surface area contributed by atoms with Gasteiger partial charge < -0.3 is 5.32 Å². The van der Waals surface area contributed by atoms with Crippen LogP contribution in [0.2, 0.25) is 0 Å². The highest BCUT2D eigenvalue weighted by Gasteiger charge is 2.19. The van der Waals surface area contributed by atoms with E-state index in [1.807, 2.05) is 32.0 Å². The van der Waals surface area contributed by atoms with Gasteiger partial charge in [0.2, 0.25) is 15.9 Å². The predicted octanol–water partition coefficient (Wildman–Crippen LogP) is 2.49. The second kappa shape index (κ2) is 8.22. The summed E-state index contributed by atoms with van der Waals surface area (Å²) in [5, 5.41) is 2.85. The third-order valence-electron chi connectivity index (χ3n) is 3.79. The summed E-state index contributed by atoms with van der Waals surface area (Å²) in [6.07, 6.45) is 2.83. The Morgan fingerprint density at radius 3 is 2.60 bits per heavy atom. The van der Waals surface area contributed by atoms with Crippen molar-refractivity contribution >= 4 is 21.6 Å². The molecule has 2 rings (SSSR count). The van der Waals surface area contributed by atoms with E-state index < -0.39 is 10.0 Å². The standard InChI is InChI=1S/C18H23N3O3S/c1-14-7-8-15(2)17(12-14)20-18(22)9-11-21(25(3,23)24)13-16-6-4-5-10-19-16/h4-8,10,12H,9,11,13H2,1-3H3,(H,20,22). The lowest BCUT2D eigenvalue weighted by atomic mass is 10.1. The van der Waals surface area contributed by atoms with Crippen LogP contribution in [0.1, 0.15) is 23.2 Å². The van der Waals surface area contributed by atoms with E-state index in [1.165, 1.54) is 4.31 Å². The summed E-state index contributed by atoms with van der Waals surface area (Å²) in [7, 11) is -3.43. The van der Waals surface area contributed by atoms with Crippen LogP contribution in [0.3, 0.4) is 0 Å². The lowest BCUT2D eigenvalue weighted by Crippen LogP contribution is -2.33. The Morgan fingerprint density at radius 2 is 1.96 bits per heavy atom. The van der Waals surface area contributed by atoms with Crippen molar-refractivity contribution in [1.82, 2.24) is 9.29 Å². The highest BCUT2D eigenvalue weighted by Crippen LogP contribution is 2.17. The van der Waals surface area contributed by atoms with Crippen molar-refractivity contribution in [3.63, 3.8) is 0 Å². The maximum atomic E-state index is 12.2. The number of rotatable bonds is 7. The number of aromatic nitrogens is 1. The van der Waals surface area contributed by atoms with E-state index in [4.69, 9.17) is 0 Å². The van der Waals surface area contributed by atoms with Gasteiger partial charge in [0.05, 0.1) is 18.5 Å². The van der Waals surface area contributed by atoms with Crippen molar-refractivity contribution in [1.29, 1.82) is 0 Å². The second-order valence-corrected chi connectivity index (χ2v) is 8.02. The van der Waals surface area contributed by atoms with E-state index in [0.29, 0.717) is 5.69 Å². The molecule has 1 amide bonds. The summed E-state index contributed by atoms with van der Waals surface area (Å²) >= 11 is 0. The van der Waals surface area contributed by atoms with E-state index in [1.54, 1.807) is 24.4 Å². The third-order valence-corrected chi connectivity index (χ3v) is 5.04. The summed E-state index contributed by atoms with van der Waals surface area (Å²) in [4.78, 5) is 16.4.